The number of hydrogen-bond acceptors (Lipinski definition) is 4. The molecule has 0 aliphatic carbocycles. The number of carbonyl (C=O) groups excluding carboxylic acids is 1. The minimum atomic E-state index is -0.230. The van der Waals surface area contributed by atoms with Crippen LogP contribution in [0.2, 0.25) is 0 Å². The maximum Gasteiger partial charge on any atom is 0.293 e. The lowest BCUT2D eigenvalue weighted by Crippen LogP contribution is -2.48. The Kier molecular flexibility index (Phi) is 7.13. The van der Waals surface area contributed by atoms with Crippen LogP contribution in [0.15, 0.2) is 23.1 Å². The average Bonchev–Trinajstić information content (AvgIpc) is 2.58. The Balaban J connectivity index is 1.90. The molecule has 1 aromatic rings. The fourth-order valence-corrected chi connectivity index (χ4v) is 2.62. The fourth-order valence-electron chi connectivity index (χ4n) is 2.62. The van der Waals surface area contributed by atoms with Gasteiger partial charge >= 0.3 is 0 Å². The van der Waals surface area contributed by atoms with Gasteiger partial charge in [0.2, 0.25) is 5.91 Å². The molecule has 0 spiro atoms. The first-order chi connectivity index (χ1) is 11.2. The molecule has 1 aliphatic rings. The van der Waals surface area contributed by atoms with E-state index in [9.17, 15) is 9.59 Å². The van der Waals surface area contributed by atoms with Gasteiger partial charge in [0.05, 0.1) is 6.61 Å². The number of nitrogens with zero attached hydrogens (tertiary/aromatic N) is 2. The minimum Gasteiger partial charge on any atom is -0.488 e. The highest BCUT2D eigenvalue weighted by Crippen LogP contribution is 2.05. The zero-order valence-corrected chi connectivity index (χ0v) is 13.9. The Bertz CT molecular complexity index is 550. The van der Waals surface area contributed by atoms with Gasteiger partial charge in [0.25, 0.3) is 5.56 Å². The second-order valence-electron chi connectivity index (χ2n) is 5.85. The van der Waals surface area contributed by atoms with Crippen LogP contribution in [0.25, 0.3) is 0 Å². The topological polar surface area (TPSA) is 63.6 Å². The number of rotatable bonds is 8. The van der Waals surface area contributed by atoms with Crippen LogP contribution in [-0.4, -0.2) is 48.2 Å². The Hall–Kier alpha value is -1.82. The van der Waals surface area contributed by atoms with Gasteiger partial charge in [0, 0.05) is 32.4 Å². The van der Waals surface area contributed by atoms with E-state index < -0.39 is 0 Å². The van der Waals surface area contributed by atoms with Gasteiger partial charge in [-0.3, -0.25) is 9.59 Å². The molecular formula is C17H27N3O3. The molecule has 0 bridgehead atoms. The third-order valence-corrected chi connectivity index (χ3v) is 4.02. The number of hydrogen-bond donors (Lipinski definition) is 1. The van der Waals surface area contributed by atoms with Crippen LogP contribution < -0.4 is 15.6 Å². The van der Waals surface area contributed by atoms with Gasteiger partial charge in [-0.25, -0.2) is 0 Å². The number of unbranched alkanes of at least 4 members (excludes halogenated alkanes) is 3. The predicted octanol–water partition coefficient (Wildman–Crippen LogP) is 1.24. The maximum absolute atomic E-state index is 12.4. The normalized spacial score (nSPS) is 14.7. The standard InChI is InChI=1S/C17H27N3O3/c1-2-3-4-5-13-23-15-7-6-10-20(17(15)22)14-16(21)19-11-8-18-9-12-19/h6-7,10,18H,2-5,8-9,11-14H2,1H3. The molecule has 0 unspecified atom stereocenters. The van der Waals surface area contributed by atoms with Gasteiger partial charge in [0.15, 0.2) is 5.75 Å². The van der Waals surface area contributed by atoms with Gasteiger partial charge in [-0.2, -0.15) is 0 Å². The van der Waals surface area contributed by atoms with Gasteiger partial charge in [0.1, 0.15) is 6.54 Å². The van der Waals surface area contributed by atoms with Crippen LogP contribution in [0.5, 0.6) is 5.75 Å². The van der Waals surface area contributed by atoms with Crippen molar-refractivity contribution in [1.29, 1.82) is 0 Å². The zero-order valence-electron chi connectivity index (χ0n) is 13.9. The second kappa shape index (κ2) is 9.35. The van der Waals surface area contributed by atoms with Crippen LogP contribution in [0.3, 0.4) is 0 Å². The summed E-state index contributed by atoms with van der Waals surface area (Å²) in [4.78, 5) is 26.4. The van der Waals surface area contributed by atoms with E-state index in [2.05, 4.69) is 12.2 Å². The molecule has 6 nitrogen and oxygen atoms in total. The summed E-state index contributed by atoms with van der Waals surface area (Å²) in [6.45, 7) is 5.79. The lowest BCUT2D eigenvalue weighted by atomic mass is 10.2. The Labute approximate surface area is 137 Å². The Morgan fingerprint density at radius 3 is 2.78 bits per heavy atom. The highest BCUT2D eigenvalue weighted by molar-refractivity contribution is 5.76. The van der Waals surface area contributed by atoms with Crippen molar-refractivity contribution in [1.82, 2.24) is 14.8 Å². The van der Waals surface area contributed by atoms with E-state index in [4.69, 9.17) is 4.74 Å². The molecule has 0 radical (unpaired) electrons. The molecule has 1 amide bonds. The van der Waals surface area contributed by atoms with E-state index in [0.29, 0.717) is 25.4 Å². The van der Waals surface area contributed by atoms with Crippen molar-refractivity contribution in [3.8, 4) is 5.75 Å². The Morgan fingerprint density at radius 1 is 1.26 bits per heavy atom. The largest absolute Gasteiger partial charge is 0.488 e. The summed E-state index contributed by atoms with van der Waals surface area (Å²) in [5.74, 6) is 0.311. The first kappa shape index (κ1) is 17.5. The quantitative estimate of drug-likeness (QED) is 0.732. The summed E-state index contributed by atoms with van der Waals surface area (Å²) in [6, 6.07) is 3.43. The Morgan fingerprint density at radius 2 is 2.04 bits per heavy atom. The summed E-state index contributed by atoms with van der Waals surface area (Å²) in [6.07, 6.45) is 6.06. The molecule has 2 rings (SSSR count). The molecule has 1 fully saturated rings. The van der Waals surface area contributed by atoms with Crippen molar-refractivity contribution in [2.24, 2.45) is 0 Å². The van der Waals surface area contributed by atoms with Crippen LogP contribution >= 0.6 is 0 Å². The summed E-state index contributed by atoms with van der Waals surface area (Å²) in [7, 11) is 0. The summed E-state index contributed by atoms with van der Waals surface area (Å²) in [5, 5.41) is 3.21. The lowest BCUT2D eigenvalue weighted by Gasteiger charge is -2.27. The lowest BCUT2D eigenvalue weighted by molar-refractivity contribution is -0.132. The highest BCUT2D eigenvalue weighted by Gasteiger charge is 2.17. The van der Waals surface area contributed by atoms with Gasteiger partial charge in [-0.05, 0) is 18.6 Å². The van der Waals surface area contributed by atoms with E-state index in [0.717, 1.165) is 25.9 Å². The third kappa shape index (κ3) is 5.39. The average molecular weight is 321 g/mol. The van der Waals surface area contributed by atoms with Gasteiger partial charge in [-0.15, -0.1) is 0 Å². The van der Waals surface area contributed by atoms with E-state index in [1.165, 1.54) is 17.4 Å². The number of pyridine rings is 1. The molecule has 1 saturated heterocycles. The highest BCUT2D eigenvalue weighted by atomic mass is 16.5. The fraction of sp³-hybridized carbons (Fsp3) is 0.647. The minimum absolute atomic E-state index is 0.0197. The van der Waals surface area contributed by atoms with Crippen molar-refractivity contribution >= 4 is 5.91 Å². The van der Waals surface area contributed by atoms with E-state index in [1.807, 2.05) is 0 Å². The number of ether oxygens (including phenoxy) is 1. The van der Waals surface area contributed by atoms with Crippen molar-refractivity contribution in [3.05, 3.63) is 28.7 Å². The van der Waals surface area contributed by atoms with Crippen LogP contribution in [0.1, 0.15) is 32.6 Å². The van der Waals surface area contributed by atoms with Gasteiger partial charge < -0.3 is 19.5 Å². The summed E-state index contributed by atoms with van der Waals surface area (Å²) in [5.41, 5.74) is -0.230. The van der Waals surface area contributed by atoms with Crippen LogP contribution in [0.4, 0.5) is 0 Å². The molecule has 23 heavy (non-hydrogen) atoms. The zero-order chi connectivity index (χ0) is 16.5. The molecule has 2 heterocycles. The molecular weight excluding hydrogens is 294 g/mol. The molecule has 128 valence electrons. The monoisotopic (exact) mass is 321 g/mol. The molecule has 0 saturated carbocycles. The smallest absolute Gasteiger partial charge is 0.293 e. The first-order valence-electron chi connectivity index (χ1n) is 8.53. The molecule has 1 aliphatic heterocycles. The van der Waals surface area contributed by atoms with E-state index in [1.54, 1.807) is 23.2 Å². The summed E-state index contributed by atoms with van der Waals surface area (Å²) >= 11 is 0. The van der Waals surface area contributed by atoms with Crippen molar-refractivity contribution < 1.29 is 9.53 Å². The maximum atomic E-state index is 12.4. The number of piperazine rings is 1. The van der Waals surface area contributed by atoms with Crippen LogP contribution in [0, 0.1) is 0 Å². The number of amides is 1. The SMILES string of the molecule is CCCCCCOc1cccn(CC(=O)N2CCNCC2)c1=O. The first-order valence-corrected chi connectivity index (χ1v) is 8.53. The van der Waals surface area contributed by atoms with Gasteiger partial charge in [-0.1, -0.05) is 26.2 Å². The number of aromatic nitrogens is 1. The summed E-state index contributed by atoms with van der Waals surface area (Å²) < 4.78 is 7.02. The molecule has 0 atom stereocenters. The van der Waals surface area contributed by atoms with Crippen LogP contribution in [-0.2, 0) is 11.3 Å². The van der Waals surface area contributed by atoms with E-state index >= 15 is 0 Å². The molecule has 1 aromatic heterocycles. The van der Waals surface area contributed by atoms with Crippen molar-refractivity contribution in [2.45, 2.75) is 39.2 Å². The predicted molar refractivity (Wildman–Crippen MR) is 89.8 cm³/mol. The third-order valence-electron chi connectivity index (χ3n) is 4.02. The second-order valence-corrected chi connectivity index (χ2v) is 5.85. The van der Waals surface area contributed by atoms with Crippen molar-refractivity contribution in [2.75, 3.05) is 32.8 Å². The van der Waals surface area contributed by atoms with Crippen molar-refractivity contribution in [3.63, 3.8) is 0 Å². The van der Waals surface area contributed by atoms with E-state index in [-0.39, 0.29) is 18.0 Å². The number of carbonyl (C=O) groups is 1. The molecule has 1 N–H and O–H groups in total. The molecule has 6 heteroatoms. The molecule has 0 aromatic carbocycles. The number of nitrogens with one attached hydrogen (secondary N) is 1.